The largest absolute Gasteiger partial charge is 0.494 e. The fraction of sp³-hybridized carbons (Fsp3) is 0.520. The third-order valence-electron chi connectivity index (χ3n) is 5.15. The van der Waals surface area contributed by atoms with Crippen molar-refractivity contribution in [3.8, 4) is 5.75 Å². The Morgan fingerprint density at radius 2 is 1.89 bits per heavy atom. The molecule has 10 heteroatoms. The predicted octanol–water partition coefficient (Wildman–Crippen LogP) is 4.39. The van der Waals surface area contributed by atoms with Gasteiger partial charge in [0.15, 0.2) is 10.8 Å². The monoisotopic (exact) mass is 500 g/mol. The van der Waals surface area contributed by atoms with E-state index in [1.54, 1.807) is 30.1 Å². The van der Waals surface area contributed by atoms with E-state index in [4.69, 9.17) is 14.5 Å². The highest BCUT2D eigenvalue weighted by Crippen LogP contribution is 2.24. The van der Waals surface area contributed by atoms with Gasteiger partial charge < -0.3 is 20.1 Å². The fourth-order valence-corrected chi connectivity index (χ4v) is 3.99. The van der Waals surface area contributed by atoms with Crippen LogP contribution >= 0.6 is 11.8 Å². The van der Waals surface area contributed by atoms with E-state index >= 15 is 0 Å². The van der Waals surface area contributed by atoms with E-state index in [9.17, 15) is 4.79 Å². The zero-order valence-electron chi connectivity index (χ0n) is 20.9. The number of fused-ring (bicyclic) bond motifs is 1. The van der Waals surface area contributed by atoms with E-state index in [1.165, 1.54) is 0 Å². The molecule has 2 aromatic heterocycles. The molecule has 0 radical (unpaired) electrons. The molecule has 0 aliphatic rings. The van der Waals surface area contributed by atoms with Crippen LogP contribution in [-0.4, -0.2) is 64.3 Å². The highest BCUT2D eigenvalue weighted by Gasteiger charge is 2.14. The highest BCUT2D eigenvalue weighted by atomic mass is 32.2. The molecule has 0 saturated heterocycles. The number of carbonyl (C=O) groups is 1. The van der Waals surface area contributed by atoms with Crippen LogP contribution < -0.4 is 15.4 Å². The van der Waals surface area contributed by atoms with Crippen LogP contribution in [0.2, 0.25) is 0 Å². The Kier molecular flexibility index (Phi) is 11.1. The molecule has 0 atom stereocenters. The zero-order chi connectivity index (χ0) is 24.9. The van der Waals surface area contributed by atoms with Gasteiger partial charge in [-0.05, 0) is 44.0 Å². The third-order valence-corrected chi connectivity index (χ3v) is 6.20. The van der Waals surface area contributed by atoms with Crippen molar-refractivity contribution in [3.05, 3.63) is 36.0 Å². The number of aromatic nitrogens is 4. The summed E-state index contributed by atoms with van der Waals surface area (Å²) >= 11 is 1.62. The normalized spacial score (nSPS) is 11.1. The molecule has 1 aromatic carbocycles. The molecule has 0 saturated carbocycles. The molecule has 0 spiro atoms. The Hall–Kier alpha value is -2.85. The van der Waals surface area contributed by atoms with Gasteiger partial charge in [0.1, 0.15) is 11.6 Å². The van der Waals surface area contributed by atoms with Crippen LogP contribution in [0.15, 0.2) is 35.6 Å². The number of unbranched alkanes of at least 4 members (excludes halogenated alkanes) is 1. The molecule has 0 aliphatic carbocycles. The second kappa shape index (κ2) is 14.5. The molecule has 3 aromatic rings. The SMILES string of the molecule is CCCCOc1ccc(C(=O)NCCn2ncc3c(NCCOCC)nc(SCCC)nc32)cc1. The summed E-state index contributed by atoms with van der Waals surface area (Å²) in [4.78, 5) is 22.0. The third kappa shape index (κ3) is 8.10. The van der Waals surface area contributed by atoms with Gasteiger partial charge in [-0.25, -0.2) is 14.6 Å². The minimum Gasteiger partial charge on any atom is -0.494 e. The summed E-state index contributed by atoms with van der Waals surface area (Å²) < 4.78 is 12.9. The Balaban J connectivity index is 1.62. The number of nitrogens with one attached hydrogen (secondary N) is 2. The number of rotatable bonds is 16. The van der Waals surface area contributed by atoms with Crippen LogP contribution in [0.5, 0.6) is 5.75 Å². The van der Waals surface area contributed by atoms with Crippen LogP contribution in [0.1, 0.15) is 50.4 Å². The number of carbonyl (C=O) groups excluding carboxylic acids is 1. The maximum absolute atomic E-state index is 12.6. The summed E-state index contributed by atoms with van der Waals surface area (Å²) in [5.41, 5.74) is 1.35. The first-order valence-corrected chi connectivity index (χ1v) is 13.3. The summed E-state index contributed by atoms with van der Waals surface area (Å²) in [5.74, 6) is 2.34. The van der Waals surface area contributed by atoms with Crippen LogP contribution in [0.4, 0.5) is 5.82 Å². The molecule has 2 heterocycles. The first-order chi connectivity index (χ1) is 17.2. The Labute approximate surface area is 211 Å². The lowest BCUT2D eigenvalue weighted by atomic mass is 10.2. The standard InChI is InChI=1S/C25H36N6O3S/c1-4-7-15-34-20-10-8-19(9-11-20)24(32)27-12-14-31-23-21(18-28-31)22(26-13-16-33-6-3)29-25(30-23)35-17-5-2/h8-11,18H,4-7,12-17H2,1-3H3,(H,27,32)(H,26,29,30). The van der Waals surface area contributed by atoms with Gasteiger partial charge in [-0.15, -0.1) is 0 Å². The molecule has 0 unspecified atom stereocenters. The second-order valence-electron chi connectivity index (χ2n) is 7.91. The number of hydrogen-bond donors (Lipinski definition) is 2. The van der Waals surface area contributed by atoms with Gasteiger partial charge in [0.05, 0.1) is 31.3 Å². The number of hydrogen-bond acceptors (Lipinski definition) is 8. The van der Waals surface area contributed by atoms with Gasteiger partial charge in [0.2, 0.25) is 0 Å². The summed E-state index contributed by atoms with van der Waals surface area (Å²) in [6.07, 6.45) is 4.91. The number of amides is 1. The summed E-state index contributed by atoms with van der Waals surface area (Å²) in [5, 5.41) is 12.4. The average Bonchev–Trinajstić information content (AvgIpc) is 3.28. The van der Waals surface area contributed by atoms with Gasteiger partial charge in [-0.1, -0.05) is 32.0 Å². The maximum Gasteiger partial charge on any atom is 0.251 e. The first-order valence-electron chi connectivity index (χ1n) is 12.3. The summed E-state index contributed by atoms with van der Waals surface area (Å²) in [6.45, 7) is 9.79. The van der Waals surface area contributed by atoms with Gasteiger partial charge in [0.25, 0.3) is 5.91 Å². The Morgan fingerprint density at radius 3 is 2.63 bits per heavy atom. The highest BCUT2D eigenvalue weighted by molar-refractivity contribution is 7.99. The Morgan fingerprint density at radius 1 is 1.06 bits per heavy atom. The van der Waals surface area contributed by atoms with Gasteiger partial charge in [0, 0.05) is 31.0 Å². The zero-order valence-corrected chi connectivity index (χ0v) is 21.7. The topological polar surface area (TPSA) is 103 Å². The van der Waals surface area contributed by atoms with E-state index < -0.39 is 0 Å². The van der Waals surface area contributed by atoms with Crippen LogP contribution in [0.25, 0.3) is 11.0 Å². The number of thioether (sulfide) groups is 1. The van der Waals surface area contributed by atoms with Crippen molar-refractivity contribution >= 4 is 34.5 Å². The molecule has 1 amide bonds. The Bertz CT molecular complexity index is 1060. The van der Waals surface area contributed by atoms with E-state index in [0.717, 1.165) is 47.6 Å². The van der Waals surface area contributed by atoms with Crippen molar-refractivity contribution < 1.29 is 14.3 Å². The predicted molar refractivity (Wildman–Crippen MR) is 140 cm³/mol. The van der Waals surface area contributed by atoms with E-state index in [1.807, 2.05) is 23.7 Å². The van der Waals surface area contributed by atoms with Crippen molar-refractivity contribution in [2.45, 2.75) is 51.7 Å². The molecule has 3 rings (SSSR count). The molecular formula is C25H36N6O3S. The van der Waals surface area contributed by atoms with E-state index in [-0.39, 0.29) is 5.91 Å². The minimum absolute atomic E-state index is 0.131. The maximum atomic E-state index is 12.6. The quantitative estimate of drug-likeness (QED) is 0.170. The molecule has 0 bridgehead atoms. The first kappa shape index (κ1) is 26.7. The number of nitrogens with zero attached hydrogens (tertiary/aromatic N) is 4. The lowest BCUT2D eigenvalue weighted by Gasteiger charge is -2.10. The molecule has 2 N–H and O–H groups in total. The van der Waals surface area contributed by atoms with E-state index in [2.05, 4.69) is 34.6 Å². The summed E-state index contributed by atoms with van der Waals surface area (Å²) in [6, 6.07) is 7.23. The van der Waals surface area contributed by atoms with Crippen molar-refractivity contribution in [2.75, 3.05) is 44.0 Å². The molecule has 190 valence electrons. The lowest BCUT2D eigenvalue weighted by Crippen LogP contribution is -2.27. The molecule has 0 aliphatic heterocycles. The van der Waals surface area contributed by atoms with Crippen LogP contribution in [-0.2, 0) is 11.3 Å². The van der Waals surface area contributed by atoms with Crippen LogP contribution in [0, 0.1) is 0 Å². The molecule has 0 fully saturated rings. The smallest absolute Gasteiger partial charge is 0.251 e. The van der Waals surface area contributed by atoms with Gasteiger partial charge in [-0.2, -0.15) is 5.10 Å². The lowest BCUT2D eigenvalue weighted by molar-refractivity contribution is 0.0952. The molecule has 9 nitrogen and oxygen atoms in total. The van der Waals surface area contributed by atoms with Crippen LogP contribution in [0.3, 0.4) is 0 Å². The number of anilines is 1. The second-order valence-corrected chi connectivity index (χ2v) is 8.98. The van der Waals surface area contributed by atoms with Crippen molar-refractivity contribution in [3.63, 3.8) is 0 Å². The van der Waals surface area contributed by atoms with Crippen molar-refractivity contribution in [2.24, 2.45) is 0 Å². The number of benzene rings is 1. The average molecular weight is 501 g/mol. The van der Waals surface area contributed by atoms with E-state index in [0.29, 0.717) is 50.2 Å². The van der Waals surface area contributed by atoms with Gasteiger partial charge in [-0.3, -0.25) is 4.79 Å². The van der Waals surface area contributed by atoms with Gasteiger partial charge >= 0.3 is 0 Å². The number of ether oxygens (including phenoxy) is 2. The molecule has 35 heavy (non-hydrogen) atoms. The fourth-order valence-electron chi connectivity index (χ4n) is 3.29. The molecular weight excluding hydrogens is 464 g/mol. The summed E-state index contributed by atoms with van der Waals surface area (Å²) in [7, 11) is 0. The minimum atomic E-state index is -0.131. The van der Waals surface area contributed by atoms with Crippen molar-refractivity contribution in [1.82, 2.24) is 25.1 Å². The van der Waals surface area contributed by atoms with Crippen molar-refractivity contribution in [1.29, 1.82) is 0 Å².